The summed E-state index contributed by atoms with van der Waals surface area (Å²) in [5, 5.41) is 4.13. The van der Waals surface area contributed by atoms with Crippen LogP contribution in [0.5, 0.6) is 0 Å². The highest BCUT2D eigenvalue weighted by Gasteiger charge is 2.42. The van der Waals surface area contributed by atoms with Gasteiger partial charge >= 0.3 is 0 Å². The molecule has 0 saturated carbocycles. The minimum absolute atomic E-state index is 0.134. The standard InChI is InChI=1S/C26H22BrN3OS/c1-16-6-9-18(10-7-16)30-25(24(29-26(30)32)21-5-3-4-14-28-21)23-13-12-22(31-23)19-11-8-17(2)15-20(19)27/h3-15,24-25H,1-2H3,(H,29,32)/t24-,25-/m0/s1. The number of hydrogen-bond donors (Lipinski definition) is 1. The quantitative estimate of drug-likeness (QED) is 0.306. The first-order valence-electron chi connectivity index (χ1n) is 10.4. The zero-order valence-electron chi connectivity index (χ0n) is 17.7. The molecule has 1 N–H and O–H groups in total. The molecule has 4 nitrogen and oxygen atoms in total. The van der Waals surface area contributed by atoms with E-state index in [0.29, 0.717) is 5.11 Å². The Morgan fingerprint density at radius 1 is 0.969 bits per heavy atom. The highest BCUT2D eigenvalue weighted by atomic mass is 79.9. The number of anilines is 1. The molecule has 3 heterocycles. The lowest BCUT2D eigenvalue weighted by molar-refractivity contribution is 0.439. The number of halogens is 1. The van der Waals surface area contributed by atoms with Gasteiger partial charge in [0.15, 0.2) is 5.11 Å². The minimum Gasteiger partial charge on any atom is -0.459 e. The van der Waals surface area contributed by atoms with Crippen molar-refractivity contribution in [3.05, 3.63) is 106 Å². The van der Waals surface area contributed by atoms with E-state index in [0.717, 1.165) is 32.9 Å². The predicted octanol–water partition coefficient (Wildman–Crippen LogP) is 6.90. The summed E-state index contributed by atoms with van der Waals surface area (Å²) in [6.45, 7) is 4.15. The summed E-state index contributed by atoms with van der Waals surface area (Å²) in [4.78, 5) is 6.73. The fraction of sp³-hybridized carbons (Fsp3) is 0.154. The molecule has 0 unspecified atom stereocenters. The van der Waals surface area contributed by atoms with E-state index < -0.39 is 0 Å². The number of benzene rings is 2. The summed E-state index contributed by atoms with van der Waals surface area (Å²) in [6.07, 6.45) is 1.81. The number of nitrogens with zero attached hydrogens (tertiary/aromatic N) is 2. The van der Waals surface area contributed by atoms with Crippen LogP contribution in [0.25, 0.3) is 11.3 Å². The maximum Gasteiger partial charge on any atom is 0.174 e. The van der Waals surface area contributed by atoms with E-state index in [9.17, 15) is 0 Å². The summed E-state index contributed by atoms with van der Waals surface area (Å²) < 4.78 is 7.46. The molecule has 4 aromatic rings. The Labute approximate surface area is 201 Å². The molecule has 2 aromatic heterocycles. The van der Waals surface area contributed by atoms with Crippen LogP contribution in [-0.2, 0) is 0 Å². The largest absolute Gasteiger partial charge is 0.459 e. The maximum atomic E-state index is 6.45. The Bertz CT molecular complexity index is 1270. The highest BCUT2D eigenvalue weighted by Crippen LogP contribution is 2.43. The Morgan fingerprint density at radius 2 is 1.75 bits per heavy atom. The molecule has 1 aliphatic heterocycles. The van der Waals surface area contributed by atoms with Crippen LogP contribution in [0.1, 0.15) is 34.7 Å². The van der Waals surface area contributed by atoms with Crippen LogP contribution in [0.4, 0.5) is 5.69 Å². The van der Waals surface area contributed by atoms with E-state index in [4.69, 9.17) is 16.6 Å². The Balaban J connectivity index is 1.60. The number of nitrogens with one attached hydrogen (secondary N) is 1. The summed E-state index contributed by atoms with van der Waals surface area (Å²) in [5.41, 5.74) is 5.36. The lowest BCUT2D eigenvalue weighted by atomic mass is 10.0. The van der Waals surface area contributed by atoms with E-state index in [-0.39, 0.29) is 12.1 Å². The summed E-state index contributed by atoms with van der Waals surface area (Å²) in [5.74, 6) is 1.64. The molecule has 2 aromatic carbocycles. The van der Waals surface area contributed by atoms with Crippen molar-refractivity contribution in [1.82, 2.24) is 10.3 Å². The number of thiocarbonyl (C=S) groups is 1. The molecule has 32 heavy (non-hydrogen) atoms. The van der Waals surface area contributed by atoms with E-state index in [1.807, 2.05) is 36.5 Å². The summed E-state index contributed by atoms with van der Waals surface area (Å²) in [7, 11) is 0. The van der Waals surface area contributed by atoms with Crippen molar-refractivity contribution < 1.29 is 4.42 Å². The van der Waals surface area contributed by atoms with Gasteiger partial charge in [0.25, 0.3) is 0 Å². The second-order valence-electron chi connectivity index (χ2n) is 8.02. The van der Waals surface area contributed by atoms with Gasteiger partial charge in [0, 0.05) is 21.9 Å². The van der Waals surface area contributed by atoms with Crippen molar-refractivity contribution in [2.45, 2.75) is 25.9 Å². The number of pyridine rings is 1. The van der Waals surface area contributed by atoms with Gasteiger partial charge in [-0.1, -0.05) is 45.8 Å². The normalized spacial score (nSPS) is 18.1. The molecular weight excluding hydrogens is 482 g/mol. The lowest BCUT2D eigenvalue weighted by Crippen LogP contribution is -2.29. The third kappa shape index (κ3) is 3.85. The van der Waals surface area contributed by atoms with Gasteiger partial charge in [0.05, 0.1) is 11.7 Å². The van der Waals surface area contributed by atoms with Crippen molar-refractivity contribution in [2.24, 2.45) is 0 Å². The second kappa shape index (κ2) is 8.52. The molecule has 0 aliphatic carbocycles. The number of hydrogen-bond acceptors (Lipinski definition) is 3. The minimum atomic E-state index is -0.168. The second-order valence-corrected chi connectivity index (χ2v) is 9.26. The average molecular weight is 504 g/mol. The molecule has 1 fully saturated rings. The average Bonchev–Trinajstić information content (AvgIpc) is 3.39. The van der Waals surface area contributed by atoms with Crippen LogP contribution in [0.2, 0.25) is 0 Å². The first-order valence-corrected chi connectivity index (χ1v) is 11.6. The van der Waals surface area contributed by atoms with Crippen LogP contribution in [0, 0.1) is 13.8 Å². The molecule has 0 amide bonds. The van der Waals surface area contributed by atoms with Crippen molar-refractivity contribution in [3.8, 4) is 11.3 Å². The molecule has 0 radical (unpaired) electrons. The van der Waals surface area contributed by atoms with E-state index >= 15 is 0 Å². The maximum absolute atomic E-state index is 6.45. The van der Waals surface area contributed by atoms with Crippen molar-refractivity contribution in [1.29, 1.82) is 0 Å². The number of aryl methyl sites for hydroxylation is 2. The van der Waals surface area contributed by atoms with Crippen molar-refractivity contribution in [2.75, 3.05) is 4.90 Å². The Hall–Kier alpha value is -2.96. The monoisotopic (exact) mass is 503 g/mol. The molecule has 1 aliphatic rings. The molecule has 5 rings (SSSR count). The van der Waals surface area contributed by atoms with Crippen LogP contribution < -0.4 is 10.2 Å². The summed E-state index contributed by atoms with van der Waals surface area (Å²) in [6, 6.07) is 24.3. The van der Waals surface area contributed by atoms with Crippen LogP contribution in [0.3, 0.4) is 0 Å². The van der Waals surface area contributed by atoms with Crippen LogP contribution in [-0.4, -0.2) is 10.1 Å². The van der Waals surface area contributed by atoms with Gasteiger partial charge in [-0.05, 0) is 80.2 Å². The smallest absolute Gasteiger partial charge is 0.174 e. The third-order valence-electron chi connectivity index (χ3n) is 5.72. The molecule has 1 saturated heterocycles. The van der Waals surface area contributed by atoms with E-state index in [1.165, 1.54) is 11.1 Å². The molecule has 0 spiro atoms. The van der Waals surface area contributed by atoms with Crippen LogP contribution >= 0.6 is 28.1 Å². The Morgan fingerprint density at radius 3 is 2.47 bits per heavy atom. The molecular formula is C26H22BrN3OS. The number of rotatable bonds is 4. The van der Waals surface area contributed by atoms with Gasteiger partial charge < -0.3 is 14.6 Å². The zero-order valence-corrected chi connectivity index (χ0v) is 20.2. The summed E-state index contributed by atoms with van der Waals surface area (Å²) >= 11 is 9.46. The first kappa shape index (κ1) is 20.9. The van der Waals surface area contributed by atoms with Gasteiger partial charge in [0.2, 0.25) is 0 Å². The van der Waals surface area contributed by atoms with Gasteiger partial charge in [0.1, 0.15) is 17.6 Å². The van der Waals surface area contributed by atoms with E-state index in [1.54, 1.807) is 0 Å². The lowest BCUT2D eigenvalue weighted by Gasteiger charge is -2.26. The molecule has 0 bridgehead atoms. The third-order valence-corrected chi connectivity index (χ3v) is 6.69. The predicted molar refractivity (Wildman–Crippen MR) is 136 cm³/mol. The fourth-order valence-corrected chi connectivity index (χ4v) is 5.14. The van der Waals surface area contributed by atoms with Gasteiger partial charge in [-0.15, -0.1) is 0 Å². The van der Waals surface area contributed by atoms with E-state index in [2.05, 4.69) is 87.4 Å². The first-order chi connectivity index (χ1) is 15.5. The molecule has 6 heteroatoms. The van der Waals surface area contributed by atoms with Gasteiger partial charge in [-0.3, -0.25) is 4.98 Å². The molecule has 160 valence electrons. The number of aromatic nitrogens is 1. The van der Waals surface area contributed by atoms with Gasteiger partial charge in [-0.25, -0.2) is 0 Å². The van der Waals surface area contributed by atoms with Crippen molar-refractivity contribution >= 4 is 38.9 Å². The highest BCUT2D eigenvalue weighted by molar-refractivity contribution is 9.10. The van der Waals surface area contributed by atoms with Gasteiger partial charge in [-0.2, -0.15) is 0 Å². The molecule has 2 atom stereocenters. The number of furan rings is 1. The fourth-order valence-electron chi connectivity index (χ4n) is 4.10. The Kier molecular flexibility index (Phi) is 5.57. The van der Waals surface area contributed by atoms with Crippen LogP contribution in [0.15, 0.2) is 87.9 Å². The van der Waals surface area contributed by atoms with Crippen molar-refractivity contribution in [3.63, 3.8) is 0 Å². The topological polar surface area (TPSA) is 41.3 Å². The SMILES string of the molecule is Cc1ccc(N2C(=S)N[C@@H](c3ccccn3)[C@@H]2c2ccc(-c3ccc(C)cc3Br)o2)cc1. The zero-order chi connectivity index (χ0) is 22.2.